The molecule has 0 fully saturated rings. The molecule has 0 radical (unpaired) electrons. The van der Waals surface area contributed by atoms with Gasteiger partial charge in [-0.3, -0.25) is 4.57 Å². The molecule has 0 N–H and O–H groups in total. The second kappa shape index (κ2) is 5.53. The normalized spacial score (nSPS) is 11.5. The summed E-state index contributed by atoms with van der Waals surface area (Å²) in [4.78, 5) is 4.66. The third kappa shape index (κ3) is 2.44. The van der Waals surface area contributed by atoms with Gasteiger partial charge in [0.15, 0.2) is 0 Å². The summed E-state index contributed by atoms with van der Waals surface area (Å²) in [5.74, 6) is 1.83. The zero-order valence-electron chi connectivity index (χ0n) is 12.6. The molecular weight excluding hydrogens is 280 g/mol. The number of hydrogen-bond donors (Lipinski definition) is 0. The highest BCUT2D eigenvalue weighted by molar-refractivity contribution is 6.17. The number of nitrogens with zero attached hydrogens (tertiary/aromatic N) is 2. The Hall–Kier alpha value is -1.80. The number of hydrogen-bond acceptors (Lipinski definition) is 1. The SMILES string of the molecule is Cc1cccc2nc(CCl)n(-c3ccc(C(C)C)cc3)c12. The van der Waals surface area contributed by atoms with E-state index in [1.165, 1.54) is 11.1 Å². The predicted octanol–water partition coefficient (Wildman–Crippen LogP) is 5.20. The minimum Gasteiger partial charge on any atom is -0.295 e. The average Bonchev–Trinajstić information content (AvgIpc) is 2.87. The van der Waals surface area contributed by atoms with Crippen molar-refractivity contribution in [3.05, 3.63) is 59.4 Å². The van der Waals surface area contributed by atoms with Crippen molar-refractivity contribution in [2.24, 2.45) is 0 Å². The molecule has 3 rings (SSSR count). The quantitative estimate of drug-likeness (QED) is 0.608. The molecule has 21 heavy (non-hydrogen) atoms. The lowest BCUT2D eigenvalue weighted by molar-refractivity contribution is 0.864. The standard InChI is InChI=1S/C18H19ClN2/c1-12(2)14-7-9-15(10-8-14)21-17(11-19)20-16-6-4-5-13(3)18(16)21/h4-10,12H,11H2,1-3H3. The minimum absolute atomic E-state index is 0.403. The predicted molar refractivity (Wildman–Crippen MR) is 89.5 cm³/mol. The van der Waals surface area contributed by atoms with Crippen LogP contribution in [0.4, 0.5) is 0 Å². The molecule has 0 amide bonds. The van der Waals surface area contributed by atoms with E-state index in [0.717, 1.165) is 22.5 Å². The van der Waals surface area contributed by atoms with Gasteiger partial charge in [-0.2, -0.15) is 0 Å². The molecule has 1 heterocycles. The Labute approximate surface area is 130 Å². The van der Waals surface area contributed by atoms with E-state index in [-0.39, 0.29) is 0 Å². The Morgan fingerprint density at radius 3 is 2.43 bits per heavy atom. The lowest BCUT2D eigenvalue weighted by Crippen LogP contribution is -2.00. The van der Waals surface area contributed by atoms with Crippen LogP contribution in [0.25, 0.3) is 16.7 Å². The first kappa shape index (κ1) is 14.2. The molecule has 108 valence electrons. The number of para-hydroxylation sites is 1. The lowest BCUT2D eigenvalue weighted by Gasteiger charge is -2.11. The summed E-state index contributed by atoms with van der Waals surface area (Å²) in [6.07, 6.45) is 0. The van der Waals surface area contributed by atoms with Crippen molar-refractivity contribution >= 4 is 22.6 Å². The highest BCUT2D eigenvalue weighted by Crippen LogP contribution is 2.26. The fourth-order valence-electron chi connectivity index (χ4n) is 2.72. The van der Waals surface area contributed by atoms with Gasteiger partial charge in [0.1, 0.15) is 5.82 Å². The summed E-state index contributed by atoms with van der Waals surface area (Å²) in [6.45, 7) is 6.52. The Bertz CT molecular complexity index is 770. The fourth-order valence-corrected chi connectivity index (χ4v) is 2.90. The van der Waals surface area contributed by atoms with E-state index in [4.69, 9.17) is 11.6 Å². The van der Waals surface area contributed by atoms with Crippen LogP contribution in [0.3, 0.4) is 0 Å². The van der Waals surface area contributed by atoms with Gasteiger partial charge in [-0.15, -0.1) is 11.6 Å². The third-order valence-electron chi connectivity index (χ3n) is 3.89. The van der Waals surface area contributed by atoms with Crippen LogP contribution in [0, 0.1) is 6.92 Å². The molecular formula is C18H19ClN2. The van der Waals surface area contributed by atoms with Gasteiger partial charge in [0.25, 0.3) is 0 Å². The van der Waals surface area contributed by atoms with Crippen molar-refractivity contribution in [3.8, 4) is 5.69 Å². The van der Waals surface area contributed by atoms with Gasteiger partial charge in [0, 0.05) is 5.69 Å². The lowest BCUT2D eigenvalue weighted by atomic mass is 10.0. The minimum atomic E-state index is 0.403. The first-order chi connectivity index (χ1) is 10.1. The van der Waals surface area contributed by atoms with Crippen LogP contribution in [0.5, 0.6) is 0 Å². The maximum atomic E-state index is 6.10. The molecule has 0 aliphatic rings. The molecule has 1 aromatic heterocycles. The highest BCUT2D eigenvalue weighted by atomic mass is 35.5. The zero-order chi connectivity index (χ0) is 15.0. The second-order valence-electron chi connectivity index (χ2n) is 5.69. The van der Waals surface area contributed by atoms with E-state index >= 15 is 0 Å². The van der Waals surface area contributed by atoms with Crippen molar-refractivity contribution in [1.29, 1.82) is 0 Å². The Kier molecular flexibility index (Phi) is 3.73. The first-order valence-electron chi connectivity index (χ1n) is 7.25. The number of fused-ring (bicyclic) bond motifs is 1. The molecule has 0 atom stereocenters. The van der Waals surface area contributed by atoms with Gasteiger partial charge in [-0.1, -0.05) is 38.1 Å². The first-order valence-corrected chi connectivity index (χ1v) is 7.78. The van der Waals surface area contributed by atoms with Crippen molar-refractivity contribution < 1.29 is 0 Å². The van der Waals surface area contributed by atoms with E-state index < -0.39 is 0 Å². The zero-order valence-corrected chi connectivity index (χ0v) is 13.4. The molecule has 0 aliphatic carbocycles. The number of aromatic nitrogens is 2. The molecule has 0 unspecified atom stereocenters. The third-order valence-corrected chi connectivity index (χ3v) is 4.12. The number of benzene rings is 2. The van der Waals surface area contributed by atoms with Gasteiger partial charge in [0.2, 0.25) is 0 Å². The number of imidazole rings is 1. The van der Waals surface area contributed by atoms with Crippen LogP contribution in [0.1, 0.15) is 36.7 Å². The van der Waals surface area contributed by atoms with Gasteiger partial charge < -0.3 is 0 Å². The van der Waals surface area contributed by atoms with E-state index in [9.17, 15) is 0 Å². The second-order valence-corrected chi connectivity index (χ2v) is 5.95. The van der Waals surface area contributed by atoms with Gasteiger partial charge >= 0.3 is 0 Å². The Balaban J connectivity index is 2.23. The molecule has 0 saturated heterocycles. The fraction of sp³-hybridized carbons (Fsp3) is 0.278. The van der Waals surface area contributed by atoms with Crippen molar-refractivity contribution in [3.63, 3.8) is 0 Å². The monoisotopic (exact) mass is 298 g/mol. The summed E-state index contributed by atoms with van der Waals surface area (Å²) in [6, 6.07) is 14.9. The largest absolute Gasteiger partial charge is 0.295 e. The highest BCUT2D eigenvalue weighted by Gasteiger charge is 2.13. The Morgan fingerprint density at radius 1 is 1.10 bits per heavy atom. The molecule has 0 aliphatic heterocycles. The number of rotatable bonds is 3. The molecule has 0 spiro atoms. The number of halogens is 1. The van der Waals surface area contributed by atoms with E-state index in [1.807, 2.05) is 12.1 Å². The molecule has 2 nitrogen and oxygen atoms in total. The maximum absolute atomic E-state index is 6.10. The smallest absolute Gasteiger partial charge is 0.129 e. The summed E-state index contributed by atoms with van der Waals surface area (Å²) < 4.78 is 2.17. The van der Waals surface area contributed by atoms with Crippen LogP contribution in [0.2, 0.25) is 0 Å². The van der Waals surface area contributed by atoms with E-state index in [2.05, 4.69) is 60.7 Å². The van der Waals surface area contributed by atoms with Crippen molar-refractivity contribution in [2.45, 2.75) is 32.6 Å². The van der Waals surface area contributed by atoms with Crippen LogP contribution < -0.4 is 0 Å². The van der Waals surface area contributed by atoms with Gasteiger partial charge in [-0.05, 0) is 42.2 Å². The van der Waals surface area contributed by atoms with Crippen LogP contribution in [0.15, 0.2) is 42.5 Å². The molecule has 2 aromatic carbocycles. The summed E-state index contributed by atoms with van der Waals surface area (Å²) >= 11 is 6.10. The van der Waals surface area contributed by atoms with Crippen LogP contribution in [-0.2, 0) is 5.88 Å². The molecule has 3 aromatic rings. The van der Waals surface area contributed by atoms with E-state index in [0.29, 0.717) is 11.8 Å². The maximum Gasteiger partial charge on any atom is 0.129 e. The van der Waals surface area contributed by atoms with Gasteiger partial charge in [-0.25, -0.2) is 4.98 Å². The van der Waals surface area contributed by atoms with Crippen LogP contribution >= 0.6 is 11.6 Å². The molecule has 0 saturated carbocycles. The number of aryl methyl sites for hydroxylation is 1. The van der Waals surface area contributed by atoms with Gasteiger partial charge in [0.05, 0.1) is 16.9 Å². The van der Waals surface area contributed by atoms with Crippen molar-refractivity contribution in [2.75, 3.05) is 0 Å². The van der Waals surface area contributed by atoms with E-state index in [1.54, 1.807) is 0 Å². The summed E-state index contributed by atoms with van der Waals surface area (Å²) in [7, 11) is 0. The molecule has 0 bridgehead atoms. The Morgan fingerprint density at radius 2 is 1.81 bits per heavy atom. The summed E-state index contributed by atoms with van der Waals surface area (Å²) in [5, 5.41) is 0. The number of alkyl halides is 1. The van der Waals surface area contributed by atoms with Crippen molar-refractivity contribution in [1.82, 2.24) is 9.55 Å². The summed E-state index contributed by atoms with van der Waals surface area (Å²) in [5.41, 5.74) is 5.81. The molecule has 3 heteroatoms. The van der Waals surface area contributed by atoms with Crippen LogP contribution in [-0.4, -0.2) is 9.55 Å². The average molecular weight is 299 g/mol. The topological polar surface area (TPSA) is 17.8 Å².